The number of carbonyl (C=O) groups excluding carboxylic acids is 2. The van der Waals surface area contributed by atoms with Crippen LogP contribution >= 0.6 is 0 Å². The van der Waals surface area contributed by atoms with Gasteiger partial charge in [0.05, 0.1) is 46.8 Å². The maximum absolute atomic E-state index is 14.0. The summed E-state index contributed by atoms with van der Waals surface area (Å²) in [6.07, 6.45) is 7.10. The maximum atomic E-state index is 14.0. The van der Waals surface area contributed by atoms with Gasteiger partial charge in [0.2, 0.25) is 5.91 Å². The van der Waals surface area contributed by atoms with Gasteiger partial charge in [0.25, 0.3) is 5.91 Å². The summed E-state index contributed by atoms with van der Waals surface area (Å²) < 4.78 is 27.3. The van der Waals surface area contributed by atoms with Crippen LogP contribution in [0.2, 0.25) is 0 Å². The molecule has 1 aliphatic rings. The largest absolute Gasteiger partial charge is 0.497 e. The zero-order valence-corrected chi connectivity index (χ0v) is 24.4. The Labute approximate surface area is 241 Å². The third-order valence-corrected chi connectivity index (χ3v) is 7.62. The lowest BCUT2D eigenvalue weighted by atomic mass is 9.93. The number of carbonyl (C=O) groups is 2. The van der Waals surface area contributed by atoms with E-state index in [9.17, 15) is 9.59 Å². The molecule has 2 amide bonds. The summed E-state index contributed by atoms with van der Waals surface area (Å²) in [6, 6.07) is 14.5. The minimum Gasteiger partial charge on any atom is -0.497 e. The van der Waals surface area contributed by atoms with Crippen molar-refractivity contribution in [2.45, 2.75) is 51.1 Å². The van der Waals surface area contributed by atoms with Gasteiger partial charge in [0.15, 0.2) is 11.5 Å². The third-order valence-electron chi connectivity index (χ3n) is 7.62. The molecule has 9 nitrogen and oxygen atoms in total. The zero-order chi connectivity index (χ0) is 29.2. The molecule has 1 aliphatic carbocycles. The van der Waals surface area contributed by atoms with E-state index in [1.54, 1.807) is 61.7 Å². The van der Waals surface area contributed by atoms with Crippen molar-refractivity contribution in [3.8, 4) is 23.0 Å². The number of furan rings is 1. The molecule has 0 aliphatic heterocycles. The second-order valence-electron chi connectivity index (χ2n) is 10.1. The van der Waals surface area contributed by atoms with Crippen LogP contribution in [0.25, 0.3) is 0 Å². The summed E-state index contributed by atoms with van der Waals surface area (Å²) >= 11 is 0. The van der Waals surface area contributed by atoms with Gasteiger partial charge >= 0.3 is 0 Å². The molecule has 0 spiro atoms. The van der Waals surface area contributed by atoms with Gasteiger partial charge in [0, 0.05) is 18.7 Å². The second kappa shape index (κ2) is 14.5. The molecule has 220 valence electrons. The van der Waals surface area contributed by atoms with Crippen LogP contribution in [0.3, 0.4) is 0 Å². The number of methoxy groups -OCH3 is 4. The molecular weight excluding hydrogens is 524 g/mol. The number of ether oxygens (including phenoxy) is 4. The highest BCUT2D eigenvalue weighted by Gasteiger charge is 2.31. The lowest BCUT2D eigenvalue weighted by Crippen LogP contribution is -2.48. The summed E-state index contributed by atoms with van der Waals surface area (Å²) in [7, 11) is 6.30. The minimum atomic E-state index is -0.220. The predicted octanol–water partition coefficient (Wildman–Crippen LogP) is 5.36. The molecule has 0 bridgehead atoms. The van der Waals surface area contributed by atoms with Crippen molar-refractivity contribution < 1.29 is 33.0 Å². The number of amides is 2. The molecule has 9 heteroatoms. The van der Waals surface area contributed by atoms with Crippen LogP contribution in [0.4, 0.5) is 0 Å². The van der Waals surface area contributed by atoms with Gasteiger partial charge in [-0.2, -0.15) is 0 Å². The van der Waals surface area contributed by atoms with E-state index in [2.05, 4.69) is 0 Å². The Balaban J connectivity index is 1.58. The Bertz CT molecular complexity index is 1290. The first-order valence-electron chi connectivity index (χ1n) is 14.0. The number of hydrogen-bond donors (Lipinski definition) is 0. The molecular formula is C32H40N2O7. The average Bonchev–Trinajstić information content (AvgIpc) is 3.54. The SMILES string of the molecule is COc1ccc(C(=O)N(CC(=O)N(CCc2ccc(OC)c(OC)c2)Cc2ccco2)C2CCCCC2)c(OC)c1. The van der Waals surface area contributed by atoms with Crippen molar-refractivity contribution in [1.82, 2.24) is 9.80 Å². The highest BCUT2D eigenvalue weighted by molar-refractivity contribution is 5.99. The topological polar surface area (TPSA) is 90.7 Å². The van der Waals surface area contributed by atoms with Crippen molar-refractivity contribution in [3.05, 3.63) is 71.7 Å². The molecule has 1 heterocycles. The Morgan fingerprint density at radius 3 is 2.27 bits per heavy atom. The summed E-state index contributed by atoms with van der Waals surface area (Å²) in [5.74, 6) is 2.61. The van der Waals surface area contributed by atoms with Crippen LogP contribution in [-0.4, -0.2) is 69.2 Å². The Morgan fingerprint density at radius 2 is 1.61 bits per heavy atom. The number of benzene rings is 2. The standard InChI is InChI=1S/C32H40N2O7/c1-37-25-13-14-27(29(20-25)39-3)32(36)34(24-9-6-5-7-10-24)22-31(35)33(21-26-11-8-18-41-26)17-16-23-12-15-28(38-2)30(19-23)40-4/h8,11-15,18-20,24H,5-7,9-10,16-17,21-22H2,1-4H3. The Hall–Kier alpha value is -4.14. The lowest BCUT2D eigenvalue weighted by Gasteiger charge is -2.35. The molecule has 1 fully saturated rings. The van der Waals surface area contributed by atoms with Gasteiger partial charge in [-0.05, 0) is 61.2 Å². The first-order valence-corrected chi connectivity index (χ1v) is 14.0. The molecule has 0 atom stereocenters. The lowest BCUT2D eigenvalue weighted by molar-refractivity contribution is -0.133. The smallest absolute Gasteiger partial charge is 0.258 e. The van der Waals surface area contributed by atoms with Crippen molar-refractivity contribution in [2.24, 2.45) is 0 Å². The first-order chi connectivity index (χ1) is 20.0. The van der Waals surface area contributed by atoms with E-state index in [1.165, 1.54) is 7.11 Å². The molecule has 3 aromatic rings. The van der Waals surface area contributed by atoms with Crippen molar-refractivity contribution in [2.75, 3.05) is 41.5 Å². The van der Waals surface area contributed by atoms with Crippen LogP contribution in [-0.2, 0) is 17.8 Å². The van der Waals surface area contributed by atoms with E-state index >= 15 is 0 Å². The van der Waals surface area contributed by atoms with Crippen LogP contribution in [0.1, 0.15) is 53.8 Å². The highest BCUT2D eigenvalue weighted by Crippen LogP contribution is 2.30. The normalized spacial score (nSPS) is 13.4. The van der Waals surface area contributed by atoms with E-state index in [4.69, 9.17) is 23.4 Å². The first kappa shape index (κ1) is 29.8. The minimum absolute atomic E-state index is 0.0247. The molecule has 2 aromatic carbocycles. The maximum Gasteiger partial charge on any atom is 0.258 e. The monoisotopic (exact) mass is 564 g/mol. The Morgan fingerprint density at radius 1 is 0.854 bits per heavy atom. The molecule has 0 unspecified atom stereocenters. The van der Waals surface area contributed by atoms with Crippen LogP contribution in [0, 0.1) is 0 Å². The molecule has 0 N–H and O–H groups in total. The van der Waals surface area contributed by atoms with Crippen molar-refractivity contribution in [3.63, 3.8) is 0 Å². The summed E-state index contributed by atoms with van der Waals surface area (Å²) in [5, 5.41) is 0. The fraction of sp³-hybridized carbons (Fsp3) is 0.438. The third kappa shape index (κ3) is 7.54. The number of nitrogens with zero attached hydrogens (tertiary/aromatic N) is 2. The number of rotatable bonds is 13. The van der Waals surface area contributed by atoms with Crippen molar-refractivity contribution >= 4 is 11.8 Å². The quantitative estimate of drug-likeness (QED) is 0.276. The molecule has 0 saturated heterocycles. The van der Waals surface area contributed by atoms with E-state index in [1.807, 2.05) is 24.3 Å². The van der Waals surface area contributed by atoms with Gasteiger partial charge in [-0.3, -0.25) is 9.59 Å². The van der Waals surface area contributed by atoms with E-state index in [0.717, 1.165) is 37.7 Å². The Kier molecular flexibility index (Phi) is 10.5. The second-order valence-corrected chi connectivity index (χ2v) is 10.1. The van der Waals surface area contributed by atoms with Gasteiger partial charge in [-0.15, -0.1) is 0 Å². The highest BCUT2D eigenvalue weighted by atomic mass is 16.5. The van der Waals surface area contributed by atoms with E-state index in [-0.39, 0.29) is 24.4 Å². The van der Waals surface area contributed by atoms with Crippen LogP contribution < -0.4 is 18.9 Å². The van der Waals surface area contributed by atoms with Crippen molar-refractivity contribution in [1.29, 1.82) is 0 Å². The zero-order valence-electron chi connectivity index (χ0n) is 24.4. The molecule has 41 heavy (non-hydrogen) atoms. The molecule has 1 aromatic heterocycles. The van der Waals surface area contributed by atoms with Gasteiger partial charge < -0.3 is 33.2 Å². The molecule has 4 rings (SSSR count). The van der Waals surface area contributed by atoms with Crippen LogP contribution in [0.15, 0.2) is 59.2 Å². The number of hydrogen-bond acceptors (Lipinski definition) is 7. The fourth-order valence-corrected chi connectivity index (χ4v) is 5.32. The van der Waals surface area contributed by atoms with E-state index < -0.39 is 0 Å². The average molecular weight is 565 g/mol. The predicted molar refractivity (Wildman–Crippen MR) is 155 cm³/mol. The van der Waals surface area contributed by atoms with Gasteiger partial charge in [0.1, 0.15) is 23.8 Å². The summed E-state index contributed by atoms with van der Waals surface area (Å²) in [6.45, 7) is 0.705. The van der Waals surface area contributed by atoms with Crippen LogP contribution in [0.5, 0.6) is 23.0 Å². The summed E-state index contributed by atoms with van der Waals surface area (Å²) in [5.41, 5.74) is 1.41. The van der Waals surface area contributed by atoms with Gasteiger partial charge in [-0.1, -0.05) is 25.3 Å². The molecule has 0 radical (unpaired) electrons. The summed E-state index contributed by atoms with van der Waals surface area (Å²) in [4.78, 5) is 31.4. The fourth-order valence-electron chi connectivity index (χ4n) is 5.32. The molecule has 1 saturated carbocycles. The van der Waals surface area contributed by atoms with Gasteiger partial charge in [-0.25, -0.2) is 0 Å². The van der Waals surface area contributed by atoms with E-state index in [0.29, 0.717) is 53.8 Å².